The van der Waals surface area contributed by atoms with E-state index in [2.05, 4.69) is 6.92 Å². The number of rotatable bonds is 1. The Bertz CT molecular complexity index is 131. The lowest BCUT2D eigenvalue weighted by Gasteiger charge is -2.26. The maximum absolute atomic E-state index is 11.0. The monoisotopic (exact) mass is 142 g/mol. The van der Waals surface area contributed by atoms with Crippen molar-refractivity contribution < 1.29 is 9.53 Å². The standard InChI is InChI=1S/C8H14O2/c1-6-5-10-4-3-8(6)7(2)9/h6,8H,3-5H2,1-2H3/t6-,8+/m1/s1. The van der Waals surface area contributed by atoms with E-state index in [0.29, 0.717) is 11.7 Å². The van der Waals surface area contributed by atoms with Gasteiger partial charge in [0.15, 0.2) is 0 Å². The van der Waals surface area contributed by atoms with Crippen LogP contribution in [-0.4, -0.2) is 19.0 Å². The number of hydrogen-bond donors (Lipinski definition) is 0. The van der Waals surface area contributed by atoms with E-state index in [1.165, 1.54) is 0 Å². The average molecular weight is 142 g/mol. The summed E-state index contributed by atoms with van der Waals surface area (Å²) in [6.07, 6.45) is 0.913. The molecule has 0 bridgehead atoms. The van der Waals surface area contributed by atoms with Gasteiger partial charge < -0.3 is 4.74 Å². The van der Waals surface area contributed by atoms with Crippen molar-refractivity contribution in [1.82, 2.24) is 0 Å². The molecule has 0 N–H and O–H groups in total. The predicted molar refractivity (Wildman–Crippen MR) is 38.8 cm³/mol. The number of carbonyl (C=O) groups is 1. The van der Waals surface area contributed by atoms with Crippen LogP contribution in [0.1, 0.15) is 20.3 Å². The summed E-state index contributed by atoms with van der Waals surface area (Å²) in [4.78, 5) is 11.0. The van der Waals surface area contributed by atoms with Crippen molar-refractivity contribution in [2.75, 3.05) is 13.2 Å². The third-order valence-electron chi connectivity index (χ3n) is 2.16. The zero-order valence-corrected chi connectivity index (χ0v) is 6.59. The van der Waals surface area contributed by atoms with E-state index in [9.17, 15) is 4.79 Å². The fraction of sp³-hybridized carbons (Fsp3) is 0.875. The summed E-state index contributed by atoms with van der Waals surface area (Å²) in [5.74, 6) is 0.996. The first-order valence-electron chi connectivity index (χ1n) is 3.80. The lowest BCUT2D eigenvalue weighted by Crippen LogP contribution is -2.29. The topological polar surface area (TPSA) is 26.3 Å². The van der Waals surface area contributed by atoms with Crippen LogP contribution >= 0.6 is 0 Å². The van der Waals surface area contributed by atoms with Crippen molar-refractivity contribution in [3.63, 3.8) is 0 Å². The minimum atomic E-state index is 0.258. The van der Waals surface area contributed by atoms with Gasteiger partial charge in [0, 0.05) is 19.1 Å². The third kappa shape index (κ3) is 1.57. The van der Waals surface area contributed by atoms with Crippen LogP contribution in [-0.2, 0) is 9.53 Å². The molecule has 1 saturated heterocycles. The second kappa shape index (κ2) is 3.15. The van der Waals surface area contributed by atoms with Crippen molar-refractivity contribution in [2.24, 2.45) is 11.8 Å². The van der Waals surface area contributed by atoms with E-state index < -0.39 is 0 Å². The zero-order chi connectivity index (χ0) is 7.56. The summed E-state index contributed by atoms with van der Waals surface area (Å²) in [6, 6.07) is 0. The summed E-state index contributed by atoms with van der Waals surface area (Å²) in [7, 11) is 0. The van der Waals surface area contributed by atoms with Crippen molar-refractivity contribution in [1.29, 1.82) is 0 Å². The third-order valence-corrected chi connectivity index (χ3v) is 2.16. The highest BCUT2D eigenvalue weighted by Crippen LogP contribution is 2.21. The molecule has 0 unspecified atom stereocenters. The molecule has 0 aromatic heterocycles. The molecule has 0 amide bonds. The lowest BCUT2D eigenvalue weighted by atomic mass is 9.87. The van der Waals surface area contributed by atoms with Crippen molar-refractivity contribution in [3.05, 3.63) is 0 Å². The van der Waals surface area contributed by atoms with E-state index in [-0.39, 0.29) is 5.92 Å². The minimum Gasteiger partial charge on any atom is -0.381 e. The fourth-order valence-corrected chi connectivity index (χ4v) is 1.48. The van der Waals surface area contributed by atoms with Gasteiger partial charge in [-0.15, -0.1) is 0 Å². The average Bonchev–Trinajstić information content (AvgIpc) is 1.88. The molecule has 1 rings (SSSR count). The minimum absolute atomic E-state index is 0.258. The molecule has 1 aliphatic rings. The van der Waals surface area contributed by atoms with Gasteiger partial charge in [-0.3, -0.25) is 4.79 Å². The highest BCUT2D eigenvalue weighted by Gasteiger charge is 2.24. The normalized spacial score (nSPS) is 33.8. The highest BCUT2D eigenvalue weighted by atomic mass is 16.5. The second-order valence-corrected chi connectivity index (χ2v) is 3.06. The summed E-state index contributed by atoms with van der Waals surface area (Å²) in [5.41, 5.74) is 0. The maximum Gasteiger partial charge on any atom is 0.133 e. The van der Waals surface area contributed by atoms with Gasteiger partial charge in [0.25, 0.3) is 0 Å². The molecule has 10 heavy (non-hydrogen) atoms. The molecule has 0 aliphatic carbocycles. The van der Waals surface area contributed by atoms with Gasteiger partial charge in [0.1, 0.15) is 5.78 Å². The van der Waals surface area contributed by atoms with Gasteiger partial charge in [-0.05, 0) is 19.3 Å². The molecule has 2 nitrogen and oxygen atoms in total. The largest absolute Gasteiger partial charge is 0.381 e. The van der Waals surface area contributed by atoms with E-state index in [0.717, 1.165) is 19.6 Å². The van der Waals surface area contributed by atoms with Crippen molar-refractivity contribution in [2.45, 2.75) is 20.3 Å². The van der Waals surface area contributed by atoms with Crippen LogP contribution in [0.5, 0.6) is 0 Å². The SMILES string of the molecule is CC(=O)[C@H]1CCOC[C@H]1C. The molecular weight excluding hydrogens is 128 g/mol. The van der Waals surface area contributed by atoms with E-state index in [1.54, 1.807) is 6.92 Å². The predicted octanol–water partition coefficient (Wildman–Crippen LogP) is 1.25. The molecule has 0 saturated carbocycles. The number of ketones is 1. The summed E-state index contributed by atoms with van der Waals surface area (Å²) in [6.45, 7) is 5.26. The fourth-order valence-electron chi connectivity index (χ4n) is 1.48. The van der Waals surface area contributed by atoms with E-state index in [4.69, 9.17) is 4.74 Å². The quantitative estimate of drug-likeness (QED) is 0.550. The summed E-state index contributed by atoms with van der Waals surface area (Å²) < 4.78 is 5.21. The van der Waals surface area contributed by atoms with E-state index >= 15 is 0 Å². The first kappa shape index (κ1) is 7.73. The molecule has 0 spiro atoms. The van der Waals surface area contributed by atoms with Crippen LogP contribution in [0.25, 0.3) is 0 Å². The van der Waals surface area contributed by atoms with Gasteiger partial charge in [-0.2, -0.15) is 0 Å². The Hall–Kier alpha value is -0.370. The van der Waals surface area contributed by atoms with Gasteiger partial charge in [-0.25, -0.2) is 0 Å². The maximum atomic E-state index is 11.0. The number of hydrogen-bond acceptors (Lipinski definition) is 2. The Morgan fingerprint density at radius 3 is 2.70 bits per heavy atom. The van der Waals surface area contributed by atoms with Gasteiger partial charge in [0.2, 0.25) is 0 Å². The van der Waals surface area contributed by atoms with E-state index in [1.807, 2.05) is 0 Å². The van der Waals surface area contributed by atoms with Crippen LogP contribution in [0.4, 0.5) is 0 Å². The Balaban J connectivity index is 2.47. The Morgan fingerprint density at radius 2 is 2.30 bits per heavy atom. The van der Waals surface area contributed by atoms with Crippen LogP contribution in [0, 0.1) is 11.8 Å². The molecule has 1 aliphatic heterocycles. The summed E-state index contributed by atoms with van der Waals surface area (Å²) in [5, 5.41) is 0. The molecule has 1 fully saturated rings. The first-order valence-corrected chi connectivity index (χ1v) is 3.80. The van der Waals surface area contributed by atoms with Gasteiger partial charge in [0.05, 0.1) is 0 Å². The molecule has 0 aromatic rings. The molecular formula is C8H14O2. The van der Waals surface area contributed by atoms with Crippen LogP contribution in [0.15, 0.2) is 0 Å². The van der Waals surface area contributed by atoms with Crippen LogP contribution < -0.4 is 0 Å². The Labute approximate surface area is 61.6 Å². The molecule has 2 heteroatoms. The number of ether oxygens (including phenoxy) is 1. The smallest absolute Gasteiger partial charge is 0.133 e. The summed E-state index contributed by atoms with van der Waals surface area (Å²) >= 11 is 0. The highest BCUT2D eigenvalue weighted by molar-refractivity contribution is 5.78. The lowest BCUT2D eigenvalue weighted by molar-refractivity contribution is -0.126. The van der Waals surface area contributed by atoms with Crippen LogP contribution in [0.2, 0.25) is 0 Å². The van der Waals surface area contributed by atoms with Gasteiger partial charge in [-0.1, -0.05) is 6.92 Å². The number of carbonyl (C=O) groups excluding carboxylic acids is 1. The Morgan fingerprint density at radius 1 is 1.60 bits per heavy atom. The van der Waals surface area contributed by atoms with Gasteiger partial charge >= 0.3 is 0 Å². The molecule has 58 valence electrons. The van der Waals surface area contributed by atoms with Crippen molar-refractivity contribution in [3.8, 4) is 0 Å². The number of Topliss-reactive ketones (excluding diaryl/α,β-unsaturated/α-hetero) is 1. The molecule has 1 heterocycles. The van der Waals surface area contributed by atoms with Crippen molar-refractivity contribution >= 4 is 5.78 Å². The first-order chi connectivity index (χ1) is 4.72. The molecule has 2 atom stereocenters. The van der Waals surface area contributed by atoms with Crippen LogP contribution in [0.3, 0.4) is 0 Å². The Kier molecular flexibility index (Phi) is 2.44. The second-order valence-electron chi connectivity index (χ2n) is 3.06. The molecule has 0 radical (unpaired) electrons. The zero-order valence-electron chi connectivity index (χ0n) is 6.59. The molecule has 0 aromatic carbocycles.